The molecule has 0 aromatic carbocycles. The van der Waals surface area contributed by atoms with Gasteiger partial charge in [-0.05, 0) is 19.1 Å². The molecule has 5 N–H and O–H groups in total. The number of nitrogens with one attached hydrogen (secondary N) is 1. The number of hydrogen-bond donors (Lipinski definition) is 3. The topological polar surface area (TPSA) is 129 Å². The Morgan fingerprint density at radius 1 is 1.40 bits per heavy atom. The Balaban J connectivity index is 1.89. The summed E-state index contributed by atoms with van der Waals surface area (Å²) in [5, 5.41) is 11.6. The first-order chi connectivity index (χ1) is 12.1. The van der Waals surface area contributed by atoms with Crippen LogP contribution in [-0.2, 0) is 6.54 Å². The number of hydrogen-bond acceptors (Lipinski definition) is 6. The quantitative estimate of drug-likeness (QED) is 0.518. The molecular weight excluding hydrogens is 318 g/mol. The van der Waals surface area contributed by atoms with Crippen LogP contribution in [0.25, 0.3) is 34.1 Å². The molecule has 0 radical (unpaired) electrons. The van der Waals surface area contributed by atoms with Crippen LogP contribution in [0, 0.1) is 0 Å². The molecule has 4 rings (SSSR count). The smallest absolute Gasteiger partial charge is 0.204 e. The van der Waals surface area contributed by atoms with Gasteiger partial charge in [0, 0.05) is 35.8 Å². The van der Waals surface area contributed by atoms with Crippen molar-refractivity contribution in [3.8, 4) is 22.9 Å². The number of aryl methyl sites for hydroxylation is 1. The normalized spacial score (nSPS) is 11.2. The Bertz CT molecular complexity index is 1080. The highest BCUT2D eigenvalue weighted by atomic mass is 15.3. The largest absolute Gasteiger partial charge is 0.399 e. The van der Waals surface area contributed by atoms with Gasteiger partial charge in [-0.3, -0.25) is 14.2 Å². The van der Waals surface area contributed by atoms with Crippen molar-refractivity contribution >= 4 is 17.2 Å². The molecule has 0 amide bonds. The summed E-state index contributed by atoms with van der Waals surface area (Å²) in [6, 6.07) is 3.77. The molecule has 0 fully saturated rings. The summed E-state index contributed by atoms with van der Waals surface area (Å²) in [4.78, 5) is 8.77. The van der Waals surface area contributed by atoms with Crippen LogP contribution < -0.4 is 11.5 Å². The van der Waals surface area contributed by atoms with E-state index in [9.17, 15) is 0 Å². The van der Waals surface area contributed by atoms with Crippen molar-refractivity contribution in [2.45, 2.75) is 13.5 Å². The summed E-state index contributed by atoms with van der Waals surface area (Å²) in [5.74, 6) is 1.52. The number of aromatic nitrogens is 7. The molecule has 126 valence electrons. The summed E-state index contributed by atoms with van der Waals surface area (Å²) in [5.41, 5.74) is 15.4. The summed E-state index contributed by atoms with van der Waals surface area (Å²) >= 11 is 0. The Morgan fingerprint density at radius 3 is 3.00 bits per heavy atom. The van der Waals surface area contributed by atoms with Crippen LogP contribution in [0.1, 0.15) is 12.5 Å². The van der Waals surface area contributed by atoms with Gasteiger partial charge < -0.3 is 11.5 Å². The molecule has 25 heavy (non-hydrogen) atoms. The Kier molecular flexibility index (Phi) is 3.27. The third kappa shape index (κ3) is 2.33. The number of imidazole rings is 1. The lowest BCUT2D eigenvalue weighted by atomic mass is 10.1. The van der Waals surface area contributed by atoms with Crippen LogP contribution in [-0.4, -0.2) is 34.3 Å². The van der Waals surface area contributed by atoms with Crippen molar-refractivity contribution in [2.24, 2.45) is 5.73 Å². The fourth-order valence-electron chi connectivity index (χ4n) is 2.75. The number of anilines is 1. The first kappa shape index (κ1) is 14.9. The monoisotopic (exact) mass is 335 g/mol. The van der Waals surface area contributed by atoms with Crippen molar-refractivity contribution in [3.05, 3.63) is 42.9 Å². The molecule has 0 aliphatic rings. The van der Waals surface area contributed by atoms with Crippen molar-refractivity contribution in [1.29, 1.82) is 0 Å². The maximum Gasteiger partial charge on any atom is 0.204 e. The summed E-state index contributed by atoms with van der Waals surface area (Å²) in [6.45, 7) is 6.55. The number of rotatable bonds is 4. The number of H-pyrrole nitrogens is 1. The van der Waals surface area contributed by atoms with E-state index < -0.39 is 0 Å². The van der Waals surface area contributed by atoms with Crippen LogP contribution in [0.2, 0.25) is 0 Å². The zero-order valence-corrected chi connectivity index (χ0v) is 13.6. The second kappa shape index (κ2) is 5.48. The highest BCUT2D eigenvalue weighted by Crippen LogP contribution is 2.27. The molecule has 0 spiro atoms. The lowest BCUT2D eigenvalue weighted by molar-refractivity contribution is 0.664. The van der Waals surface area contributed by atoms with E-state index >= 15 is 0 Å². The van der Waals surface area contributed by atoms with Crippen molar-refractivity contribution in [1.82, 2.24) is 34.3 Å². The maximum atomic E-state index is 5.93. The van der Waals surface area contributed by atoms with E-state index in [2.05, 4.69) is 31.8 Å². The van der Waals surface area contributed by atoms with E-state index in [0.717, 1.165) is 28.9 Å². The van der Waals surface area contributed by atoms with Gasteiger partial charge in [0.15, 0.2) is 11.6 Å². The summed E-state index contributed by atoms with van der Waals surface area (Å²) in [6.07, 6.45) is 5.21. The first-order valence-electron chi connectivity index (χ1n) is 7.74. The predicted octanol–water partition coefficient (Wildman–Crippen LogP) is 1.51. The SMILES string of the molecule is C=C(N)c1cc(-c2n[nH]c(-c3ccnn3CC)n2)c2cnc(N)n2c1. The van der Waals surface area contributed by atoms with E-state index in [1.54, 1.807) is 23.0 Å². The maximum absolute atomic E-state index is 5.93. The minimum atomic E-state index is 0.360. The van der Waals surface area contributed by atoms with Gasteiger partial charge in [-0.15, -0.1) is 0 Å². The number of nitrogens with two attached hydrogens (primary N) is 2. The van der Waals surface area contributed by atoms with Gasteiger partial charge in [-0.2, -0.15) is 10.2 Å². The van der Waals surface area contributed by atoms with E-state index in [1.165, 1.54) is 0 Å². The predicted molar refractivity (Wildman–Crippen MR) is 95.1 cm³/mol. The van der Waals surface area contributed by atoms with E-state index in [-0.39, 0.29) is 0 Å². The molecular formula is C16H17N9. The zero-order valence-electron chi connectivity index (χ0n) is 13.6. The molecule has 0 aliphatic heterocycles. The van der Waals surface area contributed by atoms with Gasteiger partial charge in [0.25, 0.3) is 0 Å². The van der Waals surface area contributed by atoms with Crippen LogP contribution >= 0.6 is 0 Å². The Morgan fingerprint density at radius 2 is 2.24 bits per heavy atom. The Hall–Kier alpha value is -3.62. The van der Waals surface area contributed by atoms with Gasteiger partial charge in [0.1, 0.15) is 5.69 Å². The second-order valence-electron chi connectivity index (χ2n) is 5.58. The fraction of sp³-hybridized carbons (Fsp3) is 0.125. The molecule has 4 heterocycles. The summed E-state index contributed by atoms with van der Waals surface area (Å²) < 4.78 is 3.59. The molecule has 4 aromatic rings. The van der Waals surface area contributed by atoms with Gasteiger partial charge in [-0.1, -0.05) is 6.58 Å². The number of pyridine rings is 1. The average Bonchev–Trinajstić information content (AvgIpc) is 3.33. The number of nitrogen functional groups attached to an aromatic ring is 1. The van der Waals surface area contributed by atoms with Crippen molar-refractivity contribution in [3.63, 3.8) is 0 Å². The van der Waals surface area contributed by atoms with Crippen molar-refractivity contribution in [2.75, 3.05) is 5.73 Å². The van der Waals surface area contributed by atoms with Crippen LogP contribution in [0.15, 0.2) is 37.3 Å². The molecule has 0 saturated heterocycles. The lowest BCUT2D eigenvalue weighted by Gasteiger charge is -2.06. The van der Waals surface area contributed by atoms with Crippen LogP contribution in [0.4, 0.5) is 5.95 Å². The number of aromatic amines is 1. The molecule has 0 bridgehead atoms. The molecule has 9 nitrogen and oxygen atoms in total. The van der Waals surface area contributed by atoms with E-state index in [1.807, 2.05) is 23.7 Å². The highest BCUT2D eigenvalue weighted by Gasteiger charge is 2.16. The molecule has 4 aromatic heterocycles. The van der Waals surface area contributed by atoms with E-state index in [0.29, 0.717) is 23.3 Å². The summed E-state index contributed by atoms with van der Waals surface area (Å²) in [7, 11) is 0. The zero-order chi connectivity index (χ0) is 17.6. The molecule has 0 aliphatic carbocycles. The van der Waals surface area contributed by atoms with Crippen LogP contribution in [0.5, 0.6) is 0 Å². The standard InChI is InChI=1S/C16H17N9/c1-3-25-12(4-5-20-25)15-21-14(22-23-15)11-6-10(9(2)17)8-24-13(11)7-19-16(24)18/h4-8H,2-3,17H2,1H3,(H2,18,19)(H,21,22,23). The molecule has 9 heteroatoms. The minimum absolute atomic E-state index is 0.360. The lowest BCUT2D eigenvalue weighted by Crippen LogP contribution is -2.01. The molecule has 0 atom stereocenters. The second-order valence-corrected chi connectivity index (χ2v) is 5.58. The van der Waals surface area contributed by atoms with Gasteiger partial charge in [-0.25, -0.2) is 9.97 Å². The fourth-order valence-corrected chi connectivity index (χ4v) is 2.75. The highest BCUT2D eigenvalue weighted by molar-refractivity contribution is 5.81. The Labute approximate surface area is 143 Å². The van der Waals surface area contributed by atoms with E-state index in [4.69, 9.17) is 11.5 Å². The third-order valence-electron chi connectivity index (χ3n) is 4.03. The van der Waals surface area contributed by atoms with Crippen molar-refractivity contribution < 1.29 is 0 Å². The first-order valence-corrected chi connectivity index (χ1v) is 7.74. The number of nitrogens with zero attached hydrogens (tertiary/aromatic N) is 6. The molecule has 0 saturated carbocycles. The van der Waals surface area contributed by atoms with Crippen LogP contribution in [0.3, 0.4) is 0 Å². The number of fused-ring (bicyclic) bond motifs is 1. The molecule has 0 unspecified atom stereocenters. The van der Waals surface area contributed by atoms with Gasteiger partial charge >= 0.3 is 0 Å². The van der Waals surface area contributed by atoms with Gasteiger partial charge in [0.05, 0.1) is 11.7 Å². The minimum Gasteiger partial charge on any atom is -0.399 e. The van der Waals surface area contributed by atoms with Gasteiger partial charge in [0.2, 0.25) is 5.95 Å². The average molecular weight is 335 g/mol. The third-order valence-corrected chi connectivity index (χ3v) is 4.03.